The molecule has 1 fully saturated rings. The first-order chi connectivity index (χ1) is 7.57. The second kappa shape index (κ2) is 4.40. The highest BCUT2D eigenvalue weighted by atomic mass is 15.0. The summed E-state index contributed by atoms with van der Waals surface area (Å²) < 4.78 is 0. The summed E-state index contributed by atoms with van der Waals surface area (Å²) in [5.74, 6) is 0.951. The van der Waals surface area contributed by atoms with Crippen LogP contribution in [0.25, 0.3) is 0 Å². The van der Waals surface area contributed by atoms with Gasteiger partial charge < -0.3 is 5.32 Å². The lowest BCUT2D eigenvalue weighted by molar-refractivity contribution is 0.232. The van der Waals surface area contributed by atoms with Gasteiger partial charge in [0.2, 0.25) is 0 Å². The van der Waals surface area contributed by atoms with E-state index in [9.17, 15) is 0 Å². The van der Waals surface area contributed by atoms with E-state index in [1.165, 1.54) is 25.7 Å². The van der Waals surface area contributed by atoms with E-state index in [1.807, 2.05) is 6.92 Å². The van der Waals surface area contributed by atoms with E-state index in [0.717, 1.165) is 11.5 Å². The molecule has 0 aliphatic heterocycles. The summed E-state index contributed by atoms with van der Waals surface area (Å²) >= 11 is 0. The first-order valence-electron chi connectivity index (χ1n) is 6.11. The Morgan fingerprint density at radius 2 is 1.81 bits per heavy atom. The fourth-order valence-electron chi connectivity index (χ4n) is 2.29. The summed E-state index contributed by atoms with van der Waals surface area (Å²) in [6.45, 7) is 6.72. The van der Waals surface area contributed by atoms with Gasteiger partial charge in [-0.25, -0.2) is 4.98 Å². The lowest BCUT2D eigenvalue weighted by Crippen LogP contribution is -2.30. The third kappa shape index (κ3) is 2.71. The van der Waals surface area contributed by atoms with Gasteiger partial charge in [0, 0.05) is 18.4 Å². The minimum Gasteiger partial charge on any atom is -0.366 e. The molecule has 3 nitrogen and oxygen atoms in total. The molecule has 0 bridgehead atoms. The fraction of sp³-hybridized carbons (Fsp3) is 0.692. The molecule has 0 amide bonds. The molecule has 3 heteroatoms. The Balaban J connectivity index is 1.95. The van der Waals surface area contributed by atoms with Gasteiger partial charge >= 0.3 is 0 Å². The Bertz CT molecular complexity index is 350. The molecule has 0 unspecified atom stereocenters. The van der Waals surface area contributed by atoms with Crippen molar-refractivity contribution in [2.75, 3.05) is 5.32 Å². The van der Waals surface area contributed by atoms with Crippen LogP contribution >= 0.6 is 0 Å². The molecule has 1 aromatic rings. The summed E-state index contributed by atoms with van der Waals surface area (Å²) in [5, 5.41) is 3.51. The molecule has 0 radical (unpaired) electrons. The van der Waals surface area contributed by atoms with E-state index >= 15 is 0 Å². The zero-order valence-electron chi connectivity index (χ0n) is 10.5. The van der Waals surface area contributed by atoms with Crippen molar-refractivity contribution in [2.24, 2.45) is 5.41 Å². The van der Waals surface area contributed by atoms with Crippen molar-refractivity contribution in [3.63, 3.8) is 0 Å². The summed E-state index contributed by atoms with van der Waals surface area (Å²) in [6.07, 6.45) is 8.56. The standard InChI is InChI=1S/C13H21N3/c1-10-12(15-9-8-14-10)16-11-4-6-13(2,3)7-5-11/h8-9,11H,4-7H2,1-3H3,(H,15,16). The third-order valence-electron chi connectivity index (χ3n) is 3.56. The molecular weight excluding hydrogens is 198 g/mol. The minimum absolute atomic E-state index is 0.523. The predicted molar refractivity (Wildman–Crippen MR) is 66.4 cm³/mol. The zero-order chi connectivity index (χ0) is 11.6. The van der Waals surface area contributed by atoms with Crippen LogP contribution in [0.5, 0.6) is 0 Å². The summed E-state index contributed by atoms with van der Waals surface area (Å²) in [5.41, 5.74) is 1.52. The Kier molecular flexibility index (Phi) is 3.13. The lowest BCUT2D eigenvalue weighted by Gasteiger charge is -2.34. The van der Waals surface area contributed by atoms with E-state index in [-0.39, 0.29) is 0 Å². The molecule has 1 aliphatic rings. The van der Waals surface area contributed by atoms with Gasteiger partial charge in [-0.05, 0) is 38.0 Å². The highest BCUT2D eigenvalue weighted by Gasteiger charge is 2.26. The summed E-state index contributed by atoms with van der Waals surface area (Å²) in [7, 11) is 0. The average Bonchev–Trinajstić information content (AvgIpc) is 2.24. The Morgan fingerprint density at radius 3 is 2.44 bits per heavy atom. The fourth-order valence-corrected chi connectivity index (χ4v) is 2.29. The Morgan fingerprint density at radius 1 is 1.19 bits per heavy atom. The Hall–Kier alpha value is -1.12. The SMILES string of the molecule is Cc1nccnc1NC1CCC(C)(C)CC1. The molecule has 2 rings (SSSR count). The predicted octanol–water partition coefficient (Wildman–Crippen LogP) is 3.17. The van der Waals surface area contributed by atoms with Crippen LogP contribution in [0.15, 0.2) is 12.4 Å². The van der Waals surface area contributed by atoms with Gasteiger partial charge in [0.25, 0.3) is 0 Å². The van der Waals surface area contributed by atoms with Crippen molar-refractivity contribution < 1.29 is 0 Å². The maximum atomic E-state index is 4.34. The molecule has 88 valence electrons. The van der Waals surface area contributed by atoms with Crippen LogP contribution in [0.2, 0.25) is 0 Å². The molecule has 0 atom stereocenters. The molecular formula is C13H21N3. The molecule has 0 spiro atoms. The van der Waals surface area contributed by atoms with Crippen LogP contribution in [0.4, 0.5) is 5.82 Å². The number of aromatic nitrogens is 2. The quantitative estimate of drug-likeness (QED) is 0.830. The van der Waals surface area contributed by atoms with Crippen LogP contribution in [-0.4, -0.2) is 16.0 Å². The second-order valence-corrected chi connectivity index (χ2v) is 5.57. The van der Waals surface area contributed by atoms with Crippen molar-refractivity contribution in [3.05, 3.63) is 18.1 Å². The smallest absolute Gasteiger partial charge is 0.147 e. The molecule has 1 heterocycles. The molecule has 1 saturated carbocycles. The number of aryl methyl sites for hydroxylation is 1. The van der Waals surface area contributed by atoms with Gasteiger partial charge in [-0.1, -0.05) is 13.8 Å². The Labute approximate surface area is 97.7 Å². The molecule has 0 aromatic carbocycles. The van der Waals surface area contributed by atoms with E-state index in [0.29, 0.717) is 11.5 Å². The first kappa shape index (κ1) is 11.4. The summed E-state index contributed by atoms with van der Waals surface area (Å²) in [4.78, 5) is 8.58. The van der Waals surface area contributed by atoms with Crippen LogP contribution in [-0.2, 0) is 0 Å². The van der Waals surface area contributed by atoms with Crippen LogP contribution in [0, 0.1) is 12.3 Å². The van der Waals surface area contributed by atoms with E-state index in [1.54, 1.807) is 12.4 Å². The number of anilines is 1. The van der Waals surface area contributed by atoms with Crippen LogP contribution in [0.1, 0.15) is 45.2 Å². The van der Waals surface area contributed by atoms with Crippen molar-refractivity contribution in [3.8, 4) is 0 Å². The van der Waals surface area contributed by atoms with E-state index in [2.05, 4.69) is 29.1 Å². The van der Waals surface area contributed by atoms with Gasteiger partial charge in [-0.2, -0.15) is 0 Å². The summed E-state index contributed by atoms with van der Waals surface area (Å²) in [6, 6.07) is 0.573. The molecule has 1 aromatic heterocycles. The van der Waals surface area contributed by atoms with Gasteiger partial charge in [0.1, 0.15) is 5.82 Å². The van der Waals surface area contributed by atoms with Gasteiger partial charge in [0.05, 0.1) is 5.69 Å². The third-order valence-corrected chi connectivity index (χ3v) is 3.56. The van der Waals surface area contributed by atoms with Crippen molar-refractivity contribution in [1.29, 1.82) is 0 Å². The molecule has 1 N–H and O–H groups in total. The number of nitrogens with zero attached hydrogens (tertiary/aromatic N) is 2. The molecule has 16 heavy (non-hydrogen) atoms. The van der Waals surface area contributed by atoms with Crippen molar-refractivity contribution >= 4 is 5.82 Å². The van der Waals surface area contributed by atoms with Gasteiger partial charge in [-0.15, -0.1) is 0 Å². The number of rotatable bonds is 2. The number of hydrogen-bond donors (Lipinski definition) is 1. The monoisotopic (exact) mass is 219 g/mol. The van der Waals surface area contributed by atoms with E-state index < -0.39 is 0 Å². The van der Waals surface area contributed by atoms with E-state index in [4.69, 9.17) is 0 Å². The van der Waals surface area contributed by atoms with Crippen molar-refractivity contribution in [1.82, 2.24) is 9.97 Å². The topological polar surface area (TPSA) is 37.8 Å². The highest BCUT2D eigenvalue weighted by Crippen LogP contribution is 2.35. The number of hydrogen-bond acceptors (Lipinski definition) is 3. The second-order valence-electron chi connectivity index (χ2n) is 5.57. The minimum atomic E-state index is 0.523. The maximum absolute atomic E-state index is 4.34. The molecule has 0 saturated heterocycles. The van der Waals surface area contributed by atoms with Crippen LogP contribution < -0.4 is 5.32 Å². The number of nitrogens with one attached hydrogen (secondary N) is 1. The first-order valence-corrected chi connectivity index (χ1v) is 6.11. The van der Waals surface area contributed by atoms with Gasteiger partial charge in [-0.3, -0.25) is 4.98 Å². The zero-order valence-corrected chi connectivity index (χ0v) is 10.5. The normalized spacial score (nSPS) is 20.7. The largest absolute Gasteiger partial charge is 0.366 e. The van der Waals surface area contributed by atoms with Crippen molar-refractivity contribution in [2.45, 2.75) is 52.5 Å². The van der Waals surface area contributed by atoms with Crippen LogP contribution in [0.3, 0.4) is 0 Å². The lowest BCUT2D eigenvalue weighted by atomic mass is 9.75. The van der Waals surface area contributed by atoms with Gasteiger partial charge in [0.15, 0.2) is 0 Å². The highest BCUT2D eigenvalue weighted by molar-refractivity contribution is 5.39. The maximum Gasteiger partial charge on any atom is 0.147 e. The average molecular weight is 219 g/mol. The molecule has 1 aliphatic carbocycles.